The number of hydrogen-bond donors (Lipinski definition) is 2. The first-order valence-electron chi connectivity index (χ1n) is 3.68. The molecular formula is C6H5N7O. The van der Waals surface area contributed by atoms with E-state index in [1.165, 1.54) is 12.4 Å². The van der Waals surface area contributed by atoms with Crippen molar-refractivity contribution >= 4 is 11.9 Å². The molecule has 2 N–H and O–H groups in total. The standard InChI is InChI=1S/C6H5N7O/c14-5(4-7-2-1-3-8-4)9-6-10-12-13-11-6/h1-3H,(H2,9,10,11,12,13,14). The zero-order valence-corrected chi connectivity index (χ0v) is 6.88. The molecule has 0 saturated carbocycles. The average Bonchev–Trinajstić information content (AvgIpc) is 2.72. The molecule has 0 unspecified atom stereocenters. The van der Waals surface area contributed by atoms with Crippen LogP contribution in [0, 0.1) is 0 Å². The Morgan fingerprint density at radius 1 is 1.36 bits per heavy atom. The smallest absolute Gasteiger partial charge is 0.285 e. The maximum absolute atomic E-state index is 11.4. The largest absolute Gasteiger partial charge is 0.295 e. The Kier molecular flexibility index (Phi) is 2.09. The maximum Gasteiger partial charge on any atom is 0.295 e. The summed E-state index contributed by atoms with van der Waals surface area (Å²) in [5.74, 6) is -0.341. The van der Waals surface area contributed by atoms with Crippen molar-refractivity contribution in [1.82, 2.24) is 30.6 Å². The molecule has 8 heteroatoms. The van der Waals surface area contributed by atoms with Gasteiger partial charge in [0, 0.05) is 12.4 Å². The van der Waals surface area contributed by atoms with E-state index in [1.54, 1.807) is 6.07 Å². The van der Waals surface area contributed by atoms with Gasteiger partial charge in [-0.15, -0.1) is 5.10 Å². The van der Waals surface area contributed by atoms with Crippen molar-refractivity contribution < 1.29 is 4.79 Å². The Hall–Kier alpha value is -2.38. The third-order valence-corrected chi connectivity index (χ3v) is 1.34. The molecule has 0 bridgehead atoms. The molecule has 2 aromatic rings. The molecule has 0 radical (unpaired) electrons. The number of carbonyl (C=O) groups is 1. The zero-order chi connectivity index (χ0) is 9.80. The molecule has 2 heterocycles. The predicted octanol–water partition coefficient (Wildman–Crippen LogP) is -0.758. The van der Waals surface area contributed by atoms with Gasteiger partial charge in [-0.3, -0.25) is 10.1 Å². The number of amides is 1. The van der Waals surface area contributed by atoms with Gasteiger partial charge in [0.15, 0.2) is 0 Å². The molecule has 14 heavy (non-hydrogen) atoms. The normalized spacial score (nSPS) is 9.71. The molecular weight excluding hydrogens is 186 g/mol. The van der Waals surface area contributed by atoms with Gasteiger partial charge in [-0.25, -0.2) is 9.97 Å². The summed E-state index contributed by atoms with van der Waals surface area (Å²) in [6.45, 7) is 0. The Labute approximate surface area is 77.8 Å². The molecule has 0 fully saturated rings. The molecule has 0 atom stereocenters. The number of tetrazole rings is 1. The molecule has 0 aliphatic carbocycles. The van der Waals surface area contributed by atoms with Gasteiger partial charge in [-0.1, -0.05) is 5.10 Å². The summed E-state index contributed by atoms with van der Waals surface area (Å²) >= 11 is 0. The highest BCUT2D eigenvalue weighted by Crippen LogP contribution is 1.95. The number of aromatic amines is 1. The molecule has 0 saturated heterocycles. The van der Waals surface area contributed by atoms with Crippen molar-refractivity contribution in [1.29, 1.82) is 0 Å². The van der Waals surface area contributed by atoms with E-state index in [9.17, 15) is 4.79 Å². The quantitative estimate of drug-likeness (QED) is 0.645. The van der Waals surface area contributed by atoms with Crippen LogP contribution in [0.1, 0.15) is 10.6 Å². The highest BCUT2D eigenvalue weighted by Gasteiger charge is 2.09. The first-order chi connectivity index (χ1) is 6.86. The summed E-state index contributed by atoms with van der Waals surface area (Å²) < 4.78 is 0. The Morgan fingerprint density at radius 3 is 2.79 bits per heavy atom. The summed E-state index contributed by atoms with van der Waals surface area (Å²) in [7, 11) is 0. The van der Waals surface area contributed by atoms with Crippen molar-refractivity contribution in [2.24, 2.45) is 0 Å². The van der Waals surface area contributed by atoms with Gasteiger partial charge in [0.2, 0.25) is 5.82 Å². The second-order valence-electron chi connectivity index (χ2n) is 2.26. The van der Waals surface area contributed by atoms with E-state index >= 15 is 0 Å². The summed E-state index contributed by atoms with van der Waals surface area (Å²) in [5.41, 5.74) is 0. The van der Waals surface area contributed by atoms with Crippen LogP contribution in [-0.2, 0) is 0 Å². The fourth-order valence-electron chi connectivity index (χ4n) is 0.789. The predicted molar refractivity (Wildman–Crippen MR) is 44.2 cm³/mol. The minimum Gasteiger partial charge on any atom is -0.285 e. The van der Waals surface area contributed by atoms with Gasteiger partial charge < -0.3 is 0 Å². The molecule has 2 aromatic heterocycles. The lowest BCUT2D eigenvalue weighted by molar-refractivity contribution is 0.101. The van der Waals surface area contributed by atoms with Gasteiger partial charge in [0.05, 0.1) is 0 Å². The second kappa shape index (κ2) is 3.56. The number of aromatic nitrogens is 6. The van der Waals surface area contributed by atoms with Crippen molar-refractivity contribution in [2.45, 2.75) is 0 Å². The van der Waals surface area contributed by atoms with Crippen LogP contribution >= 0.6 is 0 Å². The van der Waals surface area contributed by atoms with Gasteiger partial charge in [-0.2, -0.15) is 5.21 Å². The first kappa shape index (κ1) is 8.23. The number of nitrogens with zero attached hydrogens (tertiary/aromatic N) is 5. The van der Waals surface area contributed by atoms with Gasteiger partial charge >= 0.3 is 0 Å². The number of hydrogen-bond acceptors (Lipinski definition) is 6. The first-order valence-corrected chi connectivity index (χ1v) is 3.68. The Morgan fingerprint density at radius 2 is 2.14 bits per heavy atom. The molecule has 0 spiro atoms. The van der Waals surface area contributed by atoms with Crippen molar-refractivity contribution in [2.75, 3.05) is 5.32 Å². The third kappa shape index (κ3) is 1.68. The minimum absolute atomic E-state index is 0.0531. The SMILES string of the molecule is O=C(Nc1nn[nH]n1)c1ncccn1. The van der Waals surface area contributed by atoms with Crippen LogP contribution in [0.2, 0.25) is 0 Å². The van der Waals surface area contributed by atoms with E-state index in [4.69, 9.17) is 0 Å². The van der Waals surface area contributed by atoms with Crippen molar-refractivity contribution in [3.05, 3.63) is 24.3 Å². The van der Waals surface area contributed by atoms with Gasteiger partial charge in [0.1, 0.15) is 0 Å². The van der Waals surface area contributed by atoms with E-state index in [1.807, 2.05) is 0 Å². The third-order valence-electron chi connectivity index (χ3n) is 1.34. The number of rotatable bonds is 2. The maximum atomic E-state index is 11.4. The number of nitrogens with one attached hydrogen (secondary N) is 2. The summed E-state index contributed by atoms with van der Waals surface area (Å²) in [6.07, 6.45) is 2.94. The summed E-state index contributed by atoms with van der Waals surface area (Å²) in [6, 6.07) is 1.62. The lowest BCUT2D eigenvalue weighted by Gasteiger charge is -1.96. The number of H-pyrrole nitrogens is 1. The lowest BCUT2D eigenvalue weighted by Crippen LogP contribution is -2.16. The zero-order valence-electron chi connectivity index (χ0n) is 6.88. The van der Waals surface area contributed by atoms with Crippen LogP contribution in [0.25, 0.3) is 0 Å². The van der Waals surface area contributed by atoms with Crippen LogP contribution in [0.5, 0.6) is 0 Å². The van der Waals surface area contributed by atoms with Gasteiger partial charge in [-0.05, 0) is 11.3 Å². The van der Waals surface area contributed by atoms with E-state index in [0.29, 0.717) is 0 Å². The molecule has 2 rings (SSSR count). The molecule has 1 amide bonds. The van der Waals surface area contributed by atoms with E-state index < -0.39 is 5.91 Å². The lowest BCUT2D eigenvalue weighted by atomic mass is 10.5. The van der Waals surface area contributed by atoms with Crippen LogP contribution in [0.4, 0.5) is 5.95 Å². The molecule has 70 valence electrons. The van der Waals surface area contributed by atoms with Crippen molar-refractivity contribution in [3.8, 4) is 0 Å². The van der Waals surface area contributed by atoms with E-state index in [0.717, 1.165) is 0 Å². The molecule has 0 aromatic carbocycles. The average molecular weight is 191 g/mol. The topological polar surface area (TPSA) is 109 Å². The van der Waals surface area contributed by atoms with E-state index in [-0.39, 0.29) is 11.8 Å². The fraction of sp³-hybridized carbons (Fsp3) is 0. The van der Waals surface area contributed by atoms with Crippen molar-refractivity contribution in [3.63, 3.8) is 0 Å². The van der Waals surface area contributed by atoms with Crippen LogP contribution in [0.15, 0.2) is 18.5 Å². The van der Waals surface area contributed by atoms with Crippen LogP contribution in [0.3, 0.4) is 0 Å². The minimum atomic E-state index is -0.480. The number of carbonyl (C=O) groups excluding carboxylic acids is 1. The van der Waals surface area contributed by atoms with Gasteiger partial charge in [0.25, 0.3) is 11.9 Å². The van der Waals surface area contributed by atoms with Crippen LogP contribution < -0.4 is 5.32 Å². The fourth-order valence-corrected chi connectivity index (χ4v) is 0.789. The molecule has 0 aliphatic heterocycles. The van der Waals surface area contributed by atoms with E-state index in [2.05, 4.69) is 35.9 Å². The highest BCUT2D eigenvalue weighted by molar-refractivity contribution is 6.00. The summed E-state index contributed by atoms with van der Waals surface area (Å²) in [5, 5.41) is 14.9. The molecule has 0 aliphatic rings. The Bertz CT molecular complexity index is 411. The highest BCUT2D eigenvalue weighted by atomic mass is 16.2. The monoisotopic (exact) mass is 191 g/mol. The number of anilines is 1. The summed E-state index contributed by atoms with van der Waals surface area (Å²) in [4.78, 5) is 18.9. The molecule has 8 nitrogen and oxygen atoms in total. The Balaban J connectivity index is 2.11. The second-order valence-corrected chi connectivity index (χ2v) is 2.26. The van der Waals surface area contributed by atoms with Crippen LogP contribution in [-0.4, -0.2) is 36.5 Å².